The van der Waals surface area contributed by atoms with Crippen LogP contribution in [0.1, 0.15) is 39.0 Å². The van der Waals surface area contributed by atoms with E-state index in [9.17, 15) is 4.79 Å². The normalized spacial score (nSPS) is 22.5. The highest BCUT2D eigenvalue weighted by atomic mass is 16.2. The molecule has 0 aromatic carbocycles. The van der Waals surface area contributed by atoms with Gasteiger partial charge in [-0.1, -0.05) is 31.4 Å². The van der Waals surface area contributed by atoms with Crippen LogP contribution in [0.15, 0.2) is 25.3 Å². The van der Waals surface area contributed by atoms with Gasteiger partial charge in [0.1, 0.15) is 0 Å². The molecule has 1 heterocycles. The van der Waals surface area contributed by atoms with Gasteiger partial charge < -0.3 is 4.90 Å². The molecule has 1 amide bonds. The third-order valence-corrected chi connectivity index (χ3v) is 5.36. The Morgan fingerprint density at radius 1 is 1.09 bits per heavy atom. The van der Waals surface area contributed by atoms with Crippen LogP contribution in [0.25, 0.3) is 0 Å². The van der Waals surface area contributed by atoms with E-state index in [1.165, 1.54) is 32.1 Å². The van der Waals surface area contributed by atoms with E-state index in [2.05, 4.69) is 23.0 Å². The van der Waals surface area contributed by atoms with Gasteiger partial charge in [0.15, 0.2) is 0 Å². The lowest BCUT2D eigenvalue weighted by atomic mass is 9.93. The first kappa shape index (κ1) is 18.2. The standard InChI is InChI=1S/C19H33N3O/c1-4-11-22(12-5-2)19(23)17(3)20-13-15-21(16-14-20)18-9-7-6-8-10-18/h4-5,17-18H,1-2,6-16H2,3H3/t17-/m1/s1. The summed E-state index contributed by atoms with van der Waals surface area (Å²) in [4.78, 5) is 19.5. The molecule has 2 aliphatic rings. The number of rotatable bonds is 7. The second kappa shape index (κ2) is 9.24. The summed E-state index contributed by atoms with van der Waals surface area (Å²) in [5.41, 5.74) is 0. The van der Waals surface area contributed by atoms with Crippen molar-refractivity contribution in [1.29, 1.82) is 0 Å². The van der Waals surface area contributed by atoms with Gasteiger partial charge in [-0.05, 0) is 19.8 Å². The fourth-order valence-electron chi connectivity index (χ4n) is 3.92. The number of hydrogen-bond acceptors (Lipinski definition) is 3. The van der Waals surface area contributed by atoms with Gasteiger partial charge in [-0.2, -0.15) is 0 Å². The lowest BCUT2D eigenvalue weighted by Crippen LogP contribution is -2.56. The van der Waals surface area contributed by atoms with Crippen molar-refractivity contribution in [1.82, 2.24) is 14.7 Å². The molecular weight excluding hydrogens is 286 g/mol. The lowest BCUT2D eigenvalue weighted by molar-refractivity contribution is -0.136. The summed E-state index contributed by atoms with van der Waals surface area (Å²) in [6.45, 7) is 14.9. The third-order valence-electron chi connectivity index (χ3n) is 5.36. The van der Waals surface area contributed by atoms with Gasteiger partial charge in [-0.15, -0.1) is 13.2 Å². The second-order valence-electron chi connectivity index (χ2n) is 6.86. The first-order valence-corrected chi connectivity index (χ1v) is 9.16. The van der Waals surface area contributed by atoms with E-state index in [0.717, 1.165) is 32.2 Å². The Hall–Kier alpha value is -1.13. The zero-order chi connectivity index (χ0) is 16.7. The predicted octanol–water partition coefficient (Wildman–Crippen LogP) is 2.53. The van der Waals surface area contributed by atoms with E-state index in [4.69, 9.17) is 0 Å². The van der Waals surface area contributed by atoms with Gasteiger partial charge in [0.25, 0.3) is 0 Å². The smallest absolute Gasteiger partial charge is 0.240 e. The number of amides is 1. The van der Waals surface area contributed by atoms with Crippen molar-refractivity contribution in [2.75, 3.05) is 39.3 Å². The topological polar surface area (TPSA) is 26.8 Å². The van der Waals surface area contributed by atoms with Crippen molar-refractivity contribution in [3.63, 3.8) is 0 Å². The average molecular weight is 319 g/mol. The number of piperazine rings is 1. The van der Waals surface area contributed by atoms with Gasteiger partial charge >= 0.3 is 0 Å². The van der Waals surface area contributed by atoms with Crippen molar-refractivity contribution >= 4 is 5.91 Å². The molecule has 0 aromatic rings. The van der Waals surface area contributed by atoms with Gasteiger partial charge in [-0.3, -0.25) is 14.6 Å². The average Bonchev–Trinajstić information content (AvgIpc) is 2.61. The van der Waals surface area contributed by atoms with Crippen LogP contribution in [0.3, 0.4) is 0 Å². The largest absolute Gasteiger partial charge is 0.334 e. The van der Waals surface area contributed by atoms with Crippen LogP contribution in [0.5, 0.6) is 0 Å². The molecule has 2 rings (SSSR count). The molecule has 0 spiro atoms. The molecule has 0 N–H and O–H groups in total. The van der Waals surface area contributed by atoms with Crippen LogP contribution in [0, 0.1) is 0 Å². The highest BCUT2D eigenvalue weighted by Crippen LogP contribution is 2.24. The third kappa shape index (κ3) is 4.92. The highest BCUT2D eigenvalue weighted by molar-refractivity contribution is 5.81. The van der Waals surface area contributed by atoms with E-state index in [1.807, 2.05) is 11.8 Å². The Morgan fingerprint density at radius 3 is 2.17 bits per heavy atom. The monoisotopic (exact) mass is 319 g/mol. The minimum Gasteiger partial charge on any atom is -0.334 e. The summed E-state index contributed by atoms with van der Waals surface area (Å²) >= 11 is 0. The summed E-state index contributed by atoms with van der Waals surface area (Å²) < 4.78 is 0. The predicted molar refractivity (Wildman–Crippen MR) is 96.5 cm³/mol. The van der Waals surface area contributed by atoms with Crippen molar-refractivity contribution in [3.05, 3.63) is 25.3 Å². The van der Waals surface area contributed by atoms with E-state index < -0.39 is 0 Å². The Morgan fingerprint density at radius 2 is 1.65 bits per heavy atom. The summed E-state index contributed by atoms with van der Waals surface area (Å²) in [6.07, 6.45) is 10.5. The number of carbonyl (C=O) groups is 1. The van der Waals surface area contributed by atoms with Crippen molar-refractivity contribution in [2.45, 2.75) is 51.1 Å². The maximum atomic E-state index is 12.7. The molecule has 1 saturated carbocycles. The van der Waals surface area contributed by atoms with Crippen LogP contribution in [0.4, 0.5) is 0 Å². The van der Waals surface area contributed by atoms with Crippen molar-refractivity contribution in [3.8, 4) is 0 Å². The minimum atomic E-state index is -0.0524. The summed E-state index contributed by atoms with van der Waals surface area (Å²) in [5, 5.41) is 0. The number of carbonyl (C=O) groups excluding carboxylic acids is 1. The molecule has 2 fully saturated rings. The molecule has 0 unspecified atom stereocenters. The molecule has 23 heavy (non-hydrogen) atoms. The van der Waals surface area contributed by atoms with E-state index in [-0.39, 0.29) is 11.9 Å². The maximum Gasteiger partial charge on any atom is 0.240 e. The van der Waals surface area contributed by atoms with E-state index in [0.29, 0.717) is 13.1 Å². The molecule has 1 atom stereocenters. The van der Waals surface area contributed by atoms with Gasteiger partial charge in [0, 0.05) is 45.3 Å². The molecular formula is C19H33N3O. The summed E-state index contributed by atoms with van der Waals surface area (Å²) in [5.74, 6) is 0.191. The minimum absolute atomic E-state index is 0.0524. The van der Waals surface area contributed by atoms with Crippen LogP contribution in [-0.2, 0) is 4.79 Å². The van der Waals surface area contributed by atoms with Crippen LogP contribution in [0.2, 0.25) is 0 Å². The molecule has 0 bridgehead atoms. The molecule has 130 valence electrons. The fourth-order valence-corrected chi connectivity index (χ4v) is 3.92. The van der Waals surface area contributed by atoms with Crippen molar-refractivity contribution < 1.29 is 4.79 Å². The summed E-state index contributed by atoms with van der Waals surface area (Å²) in [6, 6.07) is 0.735. The molecule has 1 aliphatic carbocycles. The molecule has 1 saturated heterocycles. The van der Waals surface area contributed by atoms with Gasteiger partial charge in [-0.25, -0.2) is 0 Å². The van der Waals surface area contributed by atoms with Crippen LogP contribution in [-0.4, -0.2) is 72.0 Å². The lowest BCUT2D eigenvalue weighted by Gasteiger charge is -2.42. The number of nitrogens with zero attached hydrogens (tertiary/aromatic N) is 3. The van der Waals surface area contributed by atoms with Crippen molar-refractivity contribution in [2.24, 2.45) is 0 Å². The van der Waals surface area contributed by atoms with E-state index >= 15 is 0 Å². The molecule has 4 heteroatoms. The Balaban J connectivity index is 1.84. The quantitative estimate of drug-likeness (QED) is 0.675. The van der Waals surface area contributed by atoms with Gasteiger partial charge in [0.2, 0.25) is 5.91 Å². The highest BCUT2D eigenvalue weighted by Gasteiger charge is 2.30. The first-order chi connectivity index (χ1) is 11.2. The SMILES string of the molecule is C=CCN(CC=C)C(=O)[C@@H](C)N1CCN(C2CCCCC2)CC1. The molecule has 0 radical (unpaired) electrons. The van der Waals surface area contributed by atoms with Crippen LogP contribution >= 0.6 is 0 Å². The fraction of sp³-hybridized carbons (Fsp3) is 0.737. The molecule has 0 aromatic heterocycles. The summed E-state index contributed by atoms with van der Waals surface area (Å²) in [7, 11) is 0. The Bertz CT molecular complexity index is 385. The Kier molecular flexibility index (Phi) is 7.31. The molecule has 4 nitrogen and oxygen atoms in total. The zero-order valence-electron chi connectivity index (χ0n) is 14.8. The number of hydrogen-bond donors (Lipinski definition) is 0. The first-order valence-electron chi connectivity index (χ1n) is 9.16. The maximum absolute atomic E-state index is 12.7. The molecule has 1 aliphatic heterocycles. The van der Waals surface area contributed by atoms with Gasteiger partial charge in [0.05, 0.1) is 6.04 Å². The second-order valence-corrected chi connectivity index (χ2v) is 6.86. The Labute approximate surface area is 141 Å². The zero-order valence-corrected chi connectivity index (χ0v) is 14.8. The van der Waals surface area contributed by atoms with E-state index in [1.54, 1.807) is 12.2 Å². The van der Waals surface area contributed by atoms with Crippen LogP contribution < -0.4 is 0 Å².